The van der Waals surface area contributed by atoms with Crippen LogP contribution in [0.3, 0.4) is 0 Å². The van der Waals surface area contributed by atoms with Gasteiger partial charge in [-0.15, -0.1) is 0 Å². The molecular formula is C20H20N2O3. The number of fused-ring (bicyclic) bond motifs is 3. The van der Waals surface area contributed by atoms with Gasteiger partial charge >= 0.3 is 0 Å². The smallest absolute Gasteiger partial charge is 0.296 e. The molecule has 2 aromatic carbocycles. The average molecular weight is 336 g/mol. The van der Waals surface area contributed by atoms with Gasteiger partial charge in [-0.05, 0) is 34.7 Å². The Labute approximate surface area is 146 Å². The van der Waals surface area contributed by atoms with Gasteiger partial charge in [0.15, 0.2) is 0 Å². The second-order valence-electron chi connectivity index (χ2n) is 6.47. The van der Waals surface area contributed by atoms with Gasteiger partial charge in [-0.1, -0.05) is 30.3 Å². The summed E-state index contributed by atoms with van der Waals surface area (Å²) in [6.45, 7) is 3.16. The van der Waals surface area contributed by atoms with Crippen LogP contribution in [-0.2, 0) is 22.5 Å². The number of ether oxygens (including phenoxy) is 1. The molecule has 0 saturated carbocycles. The summed E-state index contributed by atoms with van der Waals surface area (Å²) in [6.07, 6.45) is 0.890. The number of hydrogen-bond donors (Lipinski definition) is 1. The molecule has 128 valence electrons. The van der Waals surface area contributed by atoms with Crippen molar-refractivity contribution in [3.63, 3.8) is 0 Å². The lowest BCUT2D eigenvalue weighted by molar-refractivity contribution is -0.112. The van der Waals surface area contributed by atoms with E-state index in [-0.39, 0.29) is 0 Å². The zero-order valence-corrected chi connectivity index (χ0v) is 14.2. The van der Waals surface area contributed by atoms with Gasteiger partial charge in [-0.2, -0.15) is 0 Å². The van der Waals surface area contributed by atoms with Gasteiger partial charge in [-0.3, -0.25) is 14.5 Å². The van der Waals surface area contributed by atoms with Crippen LogP contribution < -0.4 is 5.32 Å². The van der Waals surface area contributed by atoms with Crippen LogP contribution in [0.2, 0.25) is 0 Å². The zero-order valence-electron chi connectivity index (χ0n) is 14.2. The Morgan fingerprint density at radius 1 is 1.12 bits per heavy atom. The zero-order chi connectivity index (χ0) is 17.4. The van der Waals surface area contributed by atoms with Crippen molar-refractivity contribution in [2.24, 2.45) is 0 Å². The molecule has 4 rings (SSSR count). The minimum Gasteiger partial charge on any atom is -0.383 e. The highest BCUT2D eigenvalue weighted by atomic mass is 16.5. The predicted molar refractivity (Wildman–Crippen MR) is 95.7 cm³/mol. The Balaban J connectivity index is 1.84. The lowest BCUT2D eigenvalue weighted by Gasteiger charge is -2.31. The van der Waals surface area contributed by atoms with E-state index in [1.54, 1.807) is 7.11 Å². The molecule has 0 bridgehead atoms. The molecule has 0 spiro atoms. The van der Waals surface area contributed by atoms with E-state index in [2.05, 4.69) is 10.2 Å². The van der Waals surface area contributed by atoms with E-state index < -0.39 is 11.7 Å². The molecule has 2 heterocycles. The number of ketones is 1. The van der Waals surface area contributed by atoms with Crippen molar-refractivity contribution < 1.29 is 14.3 Å². The van der Waals surface area contributed by atoms with E-state index in [1.807, 2.05) is 36.4 Å². The molecule has 1 N–H and O–H groups in total. The number of methoxy groups -OCH3 is 1. The quantitative estimate of drug-likeness (QED) is 0.872. The maximum Gasteiger partial charge on any atom is 0.296 e. The molecule has 5 nitrogen and oxygen atoms in total. The van der Waals surface area contributed by atoms with Crippen LogP contribution in [0.15, 0.2) is 36.4 Å². The number of anilines is 1. The average Bonchev–Trinajstić information content (AvgIpc) is 2.94. The number of nitrogens with one attached hydrogen (secondary N) is 1. The Hall–Kier alpha value is -2.50. The highest BCUT2D eigenvalue weighted by molar-refractivity contribution is 6.52. The maximum atomic E-state index is 12.3. The molecule has 0 saturated heterocycles. The summed E-state index contributed by atoms with van der Waals surface area (Å²) in [5.74, 6) is -0.972. The fraction of sp³-hybridized carbons (Fsp3) is 0.300. The molecule has 5 heteroatoms. The van der Waals surface area contributed by atoms with Gasteiger partial charge in [0.05, 0.1) is 17.9 Å². The van der Waals surface area contributed by atoms with Crippen molar-refractivity contribution in [2.75, 3.05) is 32.1 Å². The number of Topliss-reactive ketones (excluding diaryl/α,β-unsaturated/α-hetero) is 1. The fourth-order valence-electron chi connectivity index (χ4n) is 3.71. The van der Waals surface area contributed by atoms with Gasteiger partial charge in [-0.25, -0.2) is 0 Å². The summed E-state index contributed by atoms with van der Waals surface area (Å²) in [4.78, 5) is 26.5. The summed E-state index contributed by atoms with van der Waals surface area (Å²) in [5, 5.41) is 2.78. The van der Waals surface area contributed by atoms with Crippen LogP contribution >= 0.6 is 0 Å². The molecule has 25 heavy (non-hydrogen) atoms. The molecule has 2 aromatic rings. The summed E-state index contributed by atoms with van der Waals surface area (Å²) in [6, 6.07) is 11.9. The van der Waals surface area contributed by atoms with Crippen molar-refractivity contribution >= 4 is 17.4 Å². The number of nitrogens with zero attached hydrogens (tertiary/aromatic N) is 1. The molecule has 0 aromatic heterocycles. The van der Waals surface area contributed by atoms with Gasteiger partial charge < -0.3 is 10.1 Å². The van der Waals surface area contributed by atoms with Crippen LogP contribution in [0.25, 0.3) is 11.1 Å². The number of benzene rings is 2. The summed E-state index contributed by atoms with van der Waals surface area (Å²) in [7, 11) is 1.70. The first-order valence-electron chi connectivity index (χ1n) is 8.50. The third-order valence-corrected chi connectivity index (χ3v) is 4.99. The normalized spacial score (nSPS) is 16.5. The van der Waals surface area contributed by atoms with Crippen LogP contribution in [0.5, 0.6) is 0 Å². The van der Waals surface area contributed by atoms with Gasteiger partial charge in [0.2, 0.25) is 0 Å². The third-order valence-electron chi connectivity index (χ3n) is 4.99. The SMILES string of the molecule is COCCN1CCc2c(-c3ccccc3)cc3c(c2C1)NC(=O)C3=O. The van der Waals surface area contributed by atoms with E-state index in [9.17, 15) is 9.59 Å². The lowest BCUT2D eigenvalue weighted by atomic mass is 9.87. The minimum absolute atomic E-state index is 0.441. The van der Waals surface area contributed by atoms with E-state index in [0.29, 0.717) is 17.9 Å². The first kappa shape index (κ1) is 16.0. The number of amides is 1. The van der Waals surface area contributed by atoms with Crippen molar-refractivity contribution in [1.82, 2.24) is 4.90 Å². The Bertz CT molecular complexity index is 846. The minimum atomic E-state index is -0.531. The monoisotopic (exact) mass is 336 g/mol. The van der Waals surface area contributed by atoms with Crippen molar-refractivity contribution in [3.8, 4) is 11.1 Å². The van der Waals surface area contributed by atoms with E-state index in [4.69, 9.17) is 4.74 Å². The third kappa shape index (κ3) is 2.75. The topological polar surface area (TPSA) is 58.6 Å². The van der Waals surface area contributed by atoms with E-state index in [0.717, 1.165) is 42.7 Å². The van der Waals surface area contributed by atoms with Crippen LogP contribution in [0.4, 0.5) is 5.69 Å². The van der Waals surface area contributed by atoms with Gasteiger partial charge in [0, 0.05) is 26.7 Å². The number of carbonyl (C=O) groups excluding carboxylic acids is 2. The fourth-order valence-corrected chi connectivity index (χ4v) is 3.71. The first-order chi connectivity index (χ1) is 12.2. The van der Waals surface area contributed by atoms with Crippen LogP contribution in [0, 0.1) is 0 Å². The van der Waals surface area contributed by atoms with Crippen LogP contribution in [0.1, 0.15) is 21.5 Å². The predicted octanol–water partition coefficient (Wildman–Crippen LogP) is 2.49. The Kier molecular flexibility index (Phi) is 4.11. The Morgan fingerprint density at radius 2 is 1.92 bits per heavy atom. The first-order valence-corrected chi connectivity index (χ1v) is 8.50. The van der Waals surface area contributed by atoms with Crippen molar-refractivity contribution in [2.45, 2.75) is 13.0 Å². The molecule has 0 radical (unpaired) electrons. The van der Waals surface area contributed by atoms with Gasteiger partial charge in [0.1, 0.15) is 0 Å². The number of rotatable bonds is 4. The molecule has 0 fully saturated rings. The second-order valence-corrected chi connectivity index (χ2v) is 6.47. The highest BCUT2D eigenvalue weighted by Gasteiger charge is 2.34. The van der Waals surface area contributed by atoms with Crippen LogP contribution in [-0.4, -0.2) is 43.4 Å². The summed E-state index contributed by atoms with van der Waals surface area (Å²) >= 11 is 0. The molecule has 2 aliphatic heterocycles. The van der Waals surface area contributed by atoms with Crippen molar-refractivity contribution in [3.05, 3.63) is 53.1 Å². The van der Waals surface area contributed by atoms with Crippen molar-refractivity contribution in [1.29, 1.82) is 0 Å². The number of hydrogen-bond acceptors (Lipinski definition) is 4. The number of carbonyl (C=O) groups is 2. The highest BCUT2D eigenvalue weighted by Crippen LogP contribution is 2.39. The molecule has 0 aliphatic carbocycles. The maximum absolute atomic E-state index is 12.3. The Morgan fingerprint density at radius 3 is 2.68 bits per heavy atom. The summed E-state index contributed by atoms with van der Waals surface area (Å²) < 4.78 is 5.19. The van der Waals surface area contributed by atoms with Gasteiger partial charge in [0.25, 0.3) is 11.7 Å². The standard InChI is InChI=1S/C20H20N2O3/c1-25-10-9-22-8-7-14-15(13-5-3-2-4-6-13)11-16-18(17(14)12-22)21-20(24)19(16)23/h2-6,11H,7-10,12H2,1H3,(H,21,23,24). The largest absolute Gasteiger partial charge is 0.383 e. The molecule has 2 aliphatic rings. The molecule has 0 atom stereocenters. The van der Waals surface area contributed by atoms with E-state index >= 15 is 0 Å². The van der Waals surface area contributed by atoms with E-state index in [1.165, 1.54) is 5.56 Å². The molecule has 1 amide bonds. The second kappa shape index (κ2) is 6.43. The molecule has 0 unspecified atom stereocenters. The summed E-state index contributed by atoms with van der Waals surface area (Å²) in [5.41, 5.74) is 5.64. The molecular weight excluding hydrogens is 316 g/mol. The lowest BCUT2D eigenvalue weighted by Crippen LogP contribution is -2.34.